The number of nitrogens with zero attached hydrogens (tertiary/aromatic N) is 4. The first-order valence-electron chi connectivity index (χ1n) is 9.90. The Bertz CT molecular complexity index is 1120. The van der Waals surface area contributed by atoms with E-state index in [0.29, 0.717) is 22.5 Å². The summed E-state index contributed by atoms with van der Waals surface area (Å²) >= 11 is 0.890. The first-order chi connectivity index (χ1) is 14.6. The summed E-state index contributed by atoms with van der Waals surface area (Å²) in [6.45, 7) is 1.75. The van der Waals surface area contributed by atoms with Gasteiger partial charge in [0.15, 0.2) is 0 Å². The molecule has 5 rings (SSSR count). The van der Waals surface area contributed by atoms with Gasteiger partial charge in [0.2, 0.25) is 5.95 Å². The second-order valence-corrected chi connectivity index (χ2v) is 8.51. The van der Waals surface area contributed by atoms with Crippen LogP contribution in [0.2, 0.25) is 0 Å². The van der Waals surface area contributed by atoms with Gasteiger partial charge in [-0.15, -0.1) is 0 Å². The Labute approximate surface area is 177 Å². The lowest BCUT2D eigenvalue weighted by molar-refractivity contribution is -0.115. The number of anilines is 1. The number of hydrogen-bond donors (Lipinski definition) is 2. The summed E-state index contributed by atoms with van der Waals surface area (Å²) in [5, 5.41) is 1.90. The summed E-state index contributed by atoms with van der Waals surface area (Å²) in [6.07, 6.45) is 6.40. The molecule has 3 aromatic rings. The van der Waals surface area contributed by atoms with Crippen LogP contribution < -0.4 is 10.2 Å². The number of H-pyrrole nitrogens is 1. The van der Waals surface area contributed by atoms with Crippen LogP contribution in [0.5, 0.6) is 0 Å². The molecule has 8 nitrogen and oxygen atoms in total. The number of piperidine rings is 1. The SMILES string of the molecule is O=C1NC(=O)/C(=C/c2ccnc(N3CCCC(Cc4nc5ccccc5[nH]4)C3)n2)S1. The molecule has 9 heteroatoms. The highest BCUT2D eigenvalue weighted by molar-refractivity contribution is 8.18. The van der Waals surface area contributed by atoms with Crippen molar-refractivity contribution in [2.24, 2.45) is 5.92 Å². The number of carbonyl (C=O) groups is 2. The fraction of sp³-hybridized carbons (Fsp3) is 0.286. The molecule has 0 aliphatic carbocycles. The van der Waals surface area contributed by atoms with Crippen molar-refractivity contribution in [3.8, 4) is 0 Å². The van der Waals surface area contributed by atoms with E-state index in [1.165, 1.54) is 0 Å². The lowest BCUT2D eigenvalue weighted by Crippen LogP contribution is -2.37. The van der Waals surface area contributed by atoms with Crippen LogP contribution in [-0.2, 0) is 11.2 Å². The van der Waals surface area contributed by atoms with Gasteiger partial charge in [-0.2, -0.15) is 0 Å². The number of imide groups is 1. The van der Waals surface area contributed by atoms with Crippen molar-refractivity contribution >= 4 is 46.0 Å². The zero-order valence-electron chi connectivity index (χ0n) is 16.2. The van der Waals surface area contributed by atoms with Gasteiger partial charge in [0, 0.05) is 25.7 Å². The maximum absolute atomic E-state index is 11.8. The molecule has 2 amide bonds. The Hall–Kier alpha value is -3.20. The Morgan fingerprint density at radius 3 is 2.93 bits per heavy atom. The van der Waals surface area contributed by atoms with Crippen LogP contribution in [0.4, 0.5) is 10.7 Å². The van der Waals surface area contributed by atoms with Crippen molar-refractivity contribution in [1.82, 2.24) is 25.3 Å². The fourth-order valence-electron chi connectivity index (χ4n) is 3.94. The Kier molecular flexibility index (Phi) is 4.96. The minimum Gasteiger partial charge on any atom is -0.342 e. The van der Waals surface area contributed by atoms with E-state index in [4.69, 9.17) is 4.98 Å². The van der Waals surface area contributed by atoms with E-state index in [-0.39, 0.29) is 11.1 Å². The lowest BCUT2D eigenvalue weighted by Gasteiger charge is -2.32. The first kappa shape index (κ1) is 18.8. The van der Waals surface area contributed by atoms with Crippen molar-refractivity contribution in [2.75, 3.05) is 18.0 Å². The normalized spacial score (nSPS) is 20.9. The van der Waals surface area contributed by atoms with Crippen LogP contribution in [-0.4, -0.2) is 44.2 Å². The monoisotopic (exact) mass is 420 g/mol. The molecule has 0 saturated carbocycles. The van der Waals surface area contributed by atoms with Crippen LogP contribution in [0.25, 0.3) is 17.1 Å². The average molecular weight is 420 g/mol. The molecule has 2 N–H and O–H groups in total. The standard InChI is InChI=1S/C21H20N6O2S/c28-19-17(30-21(29)26-19)11-14-7-8-22-20(23-14)27-9-3-4-13(12-27)10-18-24-15-5-1-2-6-16(15)25-18/h1-2,5-8,11,13H,3-4,9-10,12H2,(H,24,25)(H,26,28,29)/b17-11-. The minimum atomic E-state index is -0.381. The van der Waals surface area contributed by atoms with Gasteiger partial charge in [-0.25, -0.2) is 15.0 Å². The number of fused-ring (bicyclic) bond motifs is 1. The Balaban J connectivity index is 1.30. The van der Waals surface area contributed by atoms with Crippen LogP contribution in [0.15, 0.2) is 41.4 Å². The molecular formula is C21H20N6O2S. The van der Waals surface area contributed by atoms with E-state index in [9.17, 15) is 9.59 Å². The zero-order chi connectivity index (χ0) is 20.5. The first-order valence-corrected chi connectivity index (χ1v) is 10.7. The molecule has 1 atom stereocenters. The van der Waals surface area contributed by atoms with E-state index in [1.54, 1.807) is 18.3 Å². The molecule has 2 aromatic heterocycles. The number of benzene rings is 1. The van der Waals surface area contributed by atoms with Gasteiger partial charge in [0.25, 0.3) is 11.1 Å². The molecule has 30 heavy (non-hydrogen) atoms. The van der Waals surface area contributed by atoms with Crippen molar-refractivity contribution in [3.05, 3.63) is 53.0 Å². The van der Waals surface area contributed by atoms with Gasteiger partial charge in [-0.3, -0.25) is 14.9 Å². The molecule has 0 bridgehead atoms. The van der Waals surface area contributed by atoms with Gasteiger partial charge in [-0.1, -0.05) is 12.1 Å². The molecule has 2 aliphatic rings. The molecule has 2 aliphatic heterocycles. The number of aromatic nitrogens is 4. The van der Waals surface area contributed by atoms with Crippen molar-refractivity contribution in [2.45, 2.75) is 19.3 Å². The number of thioether (sulfide) groups is 1. The summed E-state index contributed by atoms with van der Waals surface area (Å²) in [5.74, 6) is 1.73. The minimum absolute atomic E-state index is 0.353. The van der Waals surface area contributed by atoms with Crippen LogP contribution in [0.3, 0.4) is 0 Å². The molecule has 1 aromatic carbocycles. The molecule has 1 unspecified atom stereocenters. The number of rotatable bonds is 4. The highest BCUT2D eigenvalue weighted by Crippen LogP contribution is 2.27. The molecule has 4 heterocycles. The predicted octanol–water partition coefficient (Wildman–Crippen LogP) is 3.14. The van der Waals surface area contributed by atoms with E-state index in [1.807, 2.05) is 24.3 Å². The number of amides is 2. The molecule has 2 saturated heterocycles. The van der Waals surface area contributed by atoms with E-state index >= 15 is 0 Å². The molecule has 0 spiro atoms. The second kappa shape index (κ2) is 7.91. The number of para-hydroxylation sites is 2. The predicted molar refractivity (Wildman–Crippen MR) is 116 cm³/mol. The average Bonchev–Trinajstić information content (AvgIpc) is 3.29. The third kappa shape index (κ3) is 3.93. The highest BCUT2D eigenvalue weighted by atomic mass is 32.2. The van der Waals surface area contributed by atoms with Gasteiger partial charge < -0.3 is 9.88 Å². The number of hydrogen-bond acceptors (Lipinski definition) is 7. The van der Waals surface area contributed by atoms with Gasteiger partial charge in [0.1, 0.15) is 5.82 Å². The Morgan fingerprint density at radius 1 is 1.20 bits per heavy atom. The quantitative estimate of drug-likeness (QED) is 0.625. The highest BCUT2D eigenvalue weighted by Gasteiger charge is 2.26. The maximum Gasteiger partial charge on any atom is 0.290 e. The second-order valence-electron chi connectivity index (χ2n) is 7.49. The lowest BCUT2D eigenvalue weighted by atomic mass is 9.95. The van der Waals surface area contributed by atoms with Crippen molar-refractivity contribution in [3.63, 3.8) is 0 Å². The summed E-state index contributed by atoms with van der Waals surface area (Å²) in [7, 11) is 0. The van der Waals surface area contributed by atoms with Gasteiger partial charge in [-0.05, 0) is 54.8 Å². The number of imidazole rings is 1. The van der Waals surface area contributed by atoms with E-state index in [0.717, 1.165) is 61.0 Å². The van der Waals surface area contributed by atoms with Gasteiger partial charge >= 0.3 is 0 Å². The maximum atomic E-state index is 11.8. The largest absolute Gasteiger partial charge is 0.342 e. The smallest absolute Gasteiger partial charge is 0.290 e. The van der Waals surface area contributed by atoms with Gasteiger partial charge in [0.05, 0.1) is 21.6 Å². The summed E-state index contributed by atoms with van der Waals surface area (Å²) < 4.78 is 0. The third-order valence-corrected chi connectivity index (χ3v) is 6.12. The number of aromatic amines is 1. The molecule has 152 valence electrons. The number of nitrogens with one attached hydrogen (secondary N) is 2. The number of carbonyl (C=O) groups excluding carboxylic acids is 2. The zero-order valence-corrected chi connectivity index (χ0v) is 17.0. The topological polar surface area (TPSA) is 104 Å². The van der Waals surface area contributed by atoms with Crippen LogP contribution in [0, 0.1) is 5.92 Å². The van der Waals surface area contributed by atoms with Crippen LogP contribution in [0.1, 0.15) is 24.4 Å². The van der Waals surface area contributed by atoms with E-state index in [2.05, 4.69) is 25.2 Å². The van der Waals surface area contributed by atoms with E-state index < -0.39 is 0 Å². The fourth-order valence-corrected chi connectivity index (χ4v) is 4.61. The van der Waals surface area contributed by atoms with Crippen LogP contribution >= 0.6 is 11.8 Å². The van der Waals surface area contributed by atoms with Crippen molar-refractivity contribution < 1.29 is 9.59 Å². The Morgan fingerprint density at radius 2 is 2.10 bits per heavy atom. The third-order valence-electron chi connectivity index (χ3n) is 5.31. The molecule has 0 radical (unpaired) electrons. The summed E-state index contributed by atoms with van der Waals surface area (Å²) in [4.78, 5) is 42.8. The summed E-state index contributed by atoms with van der Waals surface area (Å²) in [5.41, 5.74) is 2.68. The molecular weight excluding hydrogens is 400 g/mol. The molecule has 2 fully saturated rings. The van der Waals surface area contributed by atoms with Crippen molar-refractivity contribution in [1.29, 1.82) is 0 Å². The summed E-state index contributed by atoms with van der Waals surface area (Å²) in [6, 6.07) is 9.81.